The molecule has 1 aromatic rings. The lowest BCUT2D eigenvalue weighted by molar-refractivity contribution is -0.122. The normalized spacial score (nSPS) is 17.9. The molecule has 1 aromatic carbocycles. The van der Waals surface area contributed by atoms with Gasteiger partial charge in [-0.25, -0.2) is 0 Å². The van der Waals surface area contributed by atoms with Crippen LogP contribution in [0, 0.1) is 5.92 Å². The van der Waals surface area contributed by atoms with E-state index in [-0.39, 0.29) is 23.9 Å². The van der Waals surface area contributed by atoms with Crippen LogP contribution in [0.25, 0.3) is 0 Å². The average molecular weight is 297 g/mol. The number of nitrogens with one attached hydrogen (secondary N) is 1. The molecule has 0 radical (unpaired) electrons. The lowest BCUT2D eigenvalue weighted by atomic mass is 9.82. The second kappa shape index (κ2) is 7.09. The highest BCUT2D eigenvalue weighted by Gasteiger charge is 2.21. The van der Waals surface area contributed by atoms with Crippen LogP contribution >= 0.6 is 12.4 Å². The molecule has 0 spiro atoms. The maximum atomic E-state index is 11.9. The number of carbonyl (C=O) groups is 1. The first-order valence-electron chi connectivity index (χ1n) is 7.06. The summed E-state index contributed by atoms with van der Waals surface area (Å²) in [5, 5.41) is 2.93. The number of rotatable bonds is 4. The minimum atomic E-state index is -0.338. The van der Waals surface area contributed by atoms with E-state index in [2.05, 4.69) is 29.6 Å². The van der Waals surface area contributed by atoms with E-state index < -0.39 is 0 Å². The van der Waals surface area contributed by atoms with Crippen molar-refractivity contribution in [1.82, 2.24) is 5.32 Å². The third-order valence-corrected chi connectivity index (χ3v) is 3.66. The van der Waals surface area contributed by atoms with Crippen molar-refractivity contribution >= 4 is 18.3 Å². The quantitative estimate of drug-likeness (QED) is 0.897. The zero-order chi connectivity index (χ0) is 13.9. The lowest BCUT2D eigenvalue weighted by Gasteiger charge is -2.25. The summed E-state index contributed by atoms with van der Waals surface area (Å²) < 4.78 is 0. The van der Waals surface area contributed by atoms with Crippen molar-refractivity contribution in [2.45, 2.75) is 45.1 Å². The average Bonchev–Trinajstić information content (AvgIpc) is 2.35. The number of aryl methyl sites for hydroxylation is 1. The molecule has 112 valence electrons. The van der Waals surface area contributed by atoms with Gasteiger partial charge in [-0.15, -0.1) is 12.4 Å². The van der Waals surface area contributed by atoms with Crippen LogP contribution in [0.15, 0.2) is 24.3 Å². The SMILES string of the molecule is CC(C)(N)CNC(=O)CC1CCc2ccccc2C1.Cl. The van der Waals surface area contributed by atoms with Crippen LogP contribution < -0.4 is 11.1 Å². The standard InChI is InChI=1S/C16H24N2O.ClH/c1-16(2,17)11-18-15(19)10-12-7-8-13-5-3-4-6-14(13)9-12;/h3-6,12H,7-11,17H2,1-2H3,(H,18,19);1H. The van der Waals surface area contributed by atoms with Crippen LogP contribution in [0.3, 0.4) is 0 Å². The van der Waals surface area contributed by atoms with E-state index in [4.69, 9.17) is 5.73 Å². The fourth-order valence-electron chi connectivity index (χ4n) is 2.61. The summed E-state index contributed by atoms with van der Waals surface area (Å²) in [5.41, 5.74) is 8.38. The number of nitrogens with two attached hydrogens (primary N) is 1. The topological polar surface area (TPSA) is 55.1 Å². The van der Waals surface area contributed by atoms with Gasteiger partial charge in [-0.3, -0.25) is 4.79 Å². The van der Waals surface area contributed by atoms with E-state index in [1.54, 1.807) is 0 Å². The number of fused-ring (bicyclic) bond motifs is 1. The molecule has 3 N–H and O–H groups in total. The maximum Gasteiger partial charge on any atom is 0.220 e. The van der Waals surface area contributed by atoms with E-state index in [0.29, 0.717) is 18.9 Å². The van der Waals surface area contributed by atoms with Gasteiger partial charge >= 0.3 is 0 Å². The van der Waals surface area contributed by atoms with Gasteiger partial charge in [0.1, 0.15) is 0 Å². The Kier molecular flexibility index (Phi) is 6.03. The molecule has 0 saturated carbocycles. The zero-order valence-electron chi connectivity index (χ0n) is 12.3. The Labute approximate surface area is 127 Å². The van der Waals surface area contributed by atoms with Gasteiger partial charge in [0.15, 0.2) is 0 Å². The fourth-order valence-corrected chi connectivity index (χ4v) is 2.61. The van der Waals surface area contributed by atoms with Crippen molar-refractivity contribution in [3.63, 3.8) is 0 Å². The summed E-state index contributed by atoms with van der Waals surface area (Å²) >= 11 is 0. The second-order valence-electron chi connectivity index (χ2n) is 6.35. The van der Waals surface area contributed by atoms with E-state index in [1.165, 1.54) is 11.1 Å². The van der Waals surface area contributed by atoms with Crippen LogP contribution in [0.5, 0.6) is 0 Å². The maximum absolute atomic E-state index is 11.9. The number of carbonyl (C=O) groups excluding carboxylic acids is 1. The van der Waals surface area contributed by atoms with Gasteiger partial charge in [-0.1, -0.05) is 24.3 Å². The van der Waals surface area contributed by atoms with E-state index in [1.807, 2.05) is 13.8 Å². The zero-order valence-corrected chi connectivity index (χ0v) is 13.1. The molecule has 0 bridgehead atoms. The Hall–Kier alpha value is -1.06. The summed E-state index contributed by atoms with van der Waals surface area (Å²) in [6.45, 7) is 4.38. The largest absolute Gasteiger partial charge is 0.354 e. The summed E-state index contributed by atoms with van der Waals surface area (Å²) in [6.07, 6.45) is 3.84. The first-order chi connectivity index (χ1) is 8.94. The van der Waals surface area contributed by atoms with E-state index >= 15 is 0 Å². The molecular weight excluding hydrogens is 272 g/mol. The molecule has 0 fully saturated rings. The Balaban J connectivity index is 0.00000200. The van der Waals surface area contributed by atoms with Gasteiger partial charge in [-0.05, 0) is 50.2 Å². The predicted octanol–water partition coefficient (Wildman–Crippen LogP) is 2.46. The van der Waals surface area contributed by atoms with Crippen molar-refractivity contribution in [2.24, 2.45) is 11.7 Å². The molecule has 0 heterocycles. The molecule has 2 rings (SSSR count). The number of amides is 1. The highest BCUT2D eigenvalue weighted by Crippen LogP contribution is 2.27. The summed E-state index contributed by atoms with van der Waals surface area (Å²) in [6, 6.07) is 8.55. The van der Waals surface area contributed by atoms with E-state index in [0.717, 1.165) is 19.3 Å². The van der Waals surface area contributed by atoms with Gasteiger partial charge in [-0.2, -0.15) is 0 Å². The van der Waals surface area contributed by atoms with Gasteiger partial charge in [0.25, 0.3) is 0 Å². The third-order valence-electron chi connectivity index (χ3n) is 3.66. The van der Waals surface area contributed by atoms with Gasteiger partial charge < -0.3 is 11.1 Å². The van der Waals surface area contributed by atoms with Crippen molar-refractivity contribution in [3.8, 4) is 0 Å². The highest BCUT2D eigenvalue weighted by molar-refractivity contribution is 5.85. The van der Waals surface area contributed by atoms with Crippen molar-refractivity contribution in [1.29, 1.82) is 0 Å². The van der Waals surface area contributed by atoms with Gasteiger partial charge in [0.2, 0.25) is 5.91 Å². The van der Waals surface area contributed by atoms with Crippen molar-refractivity contribution in [3.05, 3.63) is 35.4 Å². The van der Waals surface area contributed by atoms with Crippen LogP contribution in [-0.2, 0) is 17.6 Å². The van der Waals surface area contributed by atoms with Crippen LogP contribution in [0.1, 0.15) is 37.8 Å². The smallest absolute Gasteiger partial charge is 0.220 e. The minimum absolute atomic E-state index is 0. The molecule has 1 amide bonds. The Morgan fingerprint density at radius 2 is 2.00 bits per heavy atom. The van der Waals surface area contributed by atoms with Crippen LogP contribution in [0.4, 0.5) is 0 Å². The number of halogens is 1. The summed E-state index contributed by atoms with van der Waals surface area (Å²) in [4.78, 5) is 11.9. The van der Waals surface area contributed by atoms with Crippen LogP contribution in [-0.4, -0.2) is 18.0 Å². The molecule has 0 aromatic heterocycles. The molecule has 20 heavy (non-hydrogen) atoms. The Morgan fingerprint density at radius 1 is 1.35 bits per heavy atom. The first kappa shape index (κ1) is 17.0. The molecule has 0 saturated heterocycles. The summed E-state index contributed by atoms with van der Waals surface area (Å²) in [7, 11) is 0. The molecule has 1 aliphatic carbocycles. The monoisotopic (exact) mass is 296 g/mol. The lowest BCUT2D eigenvalue weighted by Crippen LogP contribution is -2.45. The third kappa shape index (κ3) is 5.14. The first-order valence-corrected chi connectivity index (χ1v) is 7.06. The minimum Gasteiger partial charge on any atom is -0.354 e. The fraction of sp³-hybridized carbons (Fsp3) is 0.562. The number of hydrogen-bond acceptors (Lipinski definition) is 2. The molecular formula is C16H25ClN2O. The molecule has 3 nitrogen and oxygen atoms in total. The van der Waals surface area contributed by atoms with Gasteiger partial charge in [0, 0.05) is 18.5 Å². The van der Waals surface area contributed by atoms with Gasteiger partial charge in [0.05, 0.1) is 0 Å². The van der Waals surface area contributed by atoms with Crippen LogP contribution in [0.2, 0.25) is 0 Å². The second-order valence-corrected chi connectivity index (χ2v) is 6.35. The predicted molar refractivity (Wildman–Crippen MR) is 85.1 cm³/mol. The molecule has 1 atom stereocenters. The molecule has 1 aliphatic rings. The van der Waals surface area contributed by atoms with Crippen molar-refractivity contribution in [2.75, 3.05) is 6.54 Å². The van der Waals surface area contributed by atoms with Crippen molar-refractivity contribution < 1.29 is 4.79 Å². The molecule has 1 unspecified atom stereocenters. The Bertz CT molecular complexity index is 454. The summed E-state index contributed by atoms with van der Waals surface area (Å²) in [5.74, 6) is 0.596. The molecule has 4 heteroatoms. The molecule has 0 aliphatic heterocycles. The van der Waals surface area contributed by atoms with E-state index in [9.17, 15) is 4.79 Å². The number of benzene rings is 1. The Morgan fingerprint density at radius 3 is 2.65 bits per heavy atom. The number of hydrogen-bond donors (Lipinski definition) is 2. The highest BCUT2D eigenvalue weighted by atomic mass is 35.5.